The van der Waals surface area contributed by atoms with Crippen LogP contribution in [0.3, 0.4) is 0 Å². The highest BCUT2D eigenvalue weighted by atomic mass is 32.2. The zero-order chi connectivity index (χ0) is 13.0. The minimum atomic E-state index is -2.37. The van der Waals surface area contributed by atoms with E-state index in [2.05, 4.69) is 0 Å². The summed E-state index contributed by atoms with van der Waals surface area (Å²) in [6, 6.07) is 7.51. The highest BCUT2D eigenvalue weighted by molar-refractivity contribution is 7.99. The number of hydrogen-bond acceptors (Lipinski definition) is 2. The number of benzene rings is 1. The van der Waals surface area contributed by atoms with E-state index in [1.165, 1.54) is 6.42 Å². The topological polar surface area (TPSA) is 26.0 Å². The van der Waals surface area contributed by atoms with Crippen LogP contribution < -0.4 is 5.73 Å². The van der Waals surface area contributed by atoms with Crippen LogP contribution in [-0.2, 0) is 5.41 Å². The van der Waals surface area contributed by atoms with Crippen molar-refractivity contribution in [3.8, 4) is 0 Å². The molecule has 0 aliphatic heterocycles. The fourth-order valence-electron chi connectivity index (χ4n) is 2.92. The molecule has 100 valence electrons. The average Bonchev–Trinajstić information content (AvgIpc) is 2.39. The normalized spacial score (nSPS) is 19.1. The third-order valence-corrected chi connectivity index (χ3v) is 4.66. The summed E-state index contributed by atoms with van der Waals surface area (Å²) in [5.41, 5.74) is 6.91. The van der Waals surface area contributed by atoms with Gasteiger partial charge in [0, 0.05) is 16.9 Å². The van der Waals surface area contributed by atoms with Crippen molar-refractivity contribution in [2.24, 2.45) is 5.73 Å². The molecule has 0 radical (unpaired) electrons. The van der Waals surface area contributed by atoms with Crippen molar-refractivity contribution < 1.29 is 8.78 Å². The van der Waals surface area contributed by atoms with Gasteiger partial charge in [0.2, 0.25) is 0 Å². The van der Waals surface area contributed by atoms with E-state index in [9.17, 15) is 8.78 Å². The summed E-state index contributed by atoms with van der Waals surface area (Å²) in [6.45, 7) is 0.549. The smallest absolute Gasteiger partial charge is 0.288 e. The van der Waals surface area contributed by atoms with E-state index in [4.69, 9.17) is 5.73 Å². The predicted octanol–water partition coefficient (Wildman–Crippen LogP) is 4.16. The van der Waals surface area contributed by atoms with Gasteiger partial charge in [-0.25, -0.2) is 0 Å². The Labute approximate surface area is 111 Å². The first-order valence-electron chi connectivity index (χ1n) is 6.42. The summed E-state index contributed by atoms with van der Waals surface area (Å²) in [6.07, 6.45) is 5.55. The summed E-state index contributed by atoms with van der Waals surface area (Å²) in [4.78, 5) is 0.694. The quantitative estimate of drug-likeness (QED) is 0.832. The van der Waals surface area contributed by atoms with Crippen LogP contribution >= 0.6 is 11.8 Å². The van der Waals surface area contributed by atoms with Gasteiger partial charge in [0.25, 0.3) is 5.76 Å². The van der Waals surface area contributed by atoms with Gasteiger partial charge in [-0.1, -0.05) is 49.2 Å². The Morgan fingerprint density at radius 1 is 1.17 bits per heavy atom. The molecule has 1 nitrogen and oxygen atoms in total. The first kappa shape index (κ1) is 13.8. The van der Waals surface area contributed by atoms with E-state index >= 15 is 0 Å². The second kappa shape index (κ2) is 6.02. The summed E-state index contributed by atoms with van der Waals surface area (Å²) < 4.78 is 25.3. The van der Waals surface area contributed by atoms with Crippen LogP contribution in [0.4, 0.5) is 8.78 Å². The molecule has 1 aromatic rings. The van der Waals surface area contributed by atoms with Crippen molar-refractivity contribution in [3.05, 3.63) is 29.8 Å². The standard InChI is InChI=1S/C14H19F2NS/c15-13(16)18-12-7-3-2-6-11(12)14(10-17)8-4-1-5-9-14/h2-3,6-7,13H,1,4-5,8-10,17H2. The molecule has 0 saturated heterocycles. The monoisotopic (exact) mass is 271 g/mol. The lowest BCUT2D eigenvalue weighted by molar-refractivity contribution is 0.251. The average molecular weight is 271 g/mol. The highest BCUT2D eigenvalue weighted by Gasteiger charge is 2.34. The molecule has 0 unspecified atom stereocenters. The molecule has 1 saturated carbocycles. The maximum Gasteiger partial charge on any atom is 0.288 e. The Bertz CT molecular complexity index is 389. The Morgan fingerprint density at radius 3 is 2.44 bits per heavy atom. The van der Waals surface area contributed by atoms with Gasteiger partial charge in [-0.2, -0.15) is 8.78 Å². The molecule has 0 amide bonds. The molecule has 4 heteroatoms. The van der Waals surface area contributed by atoms with Crippen LogP contribution in [0.25, 0.3) is 0 Å². The van der Waals surface area contributed by atoms with Crippen molar-refractivity contribution in [1.29, 1.82) is 0 Å². The van der Waals surface area contributed by atoms with Crippen molar-refractivity contribution in [1.82, 2.24) is 0 Å². The van der Waals surface area contributed by atoms with Crippen LogP contribution in [0.1, 0.15) is 37.7 Å². The van der Waals surface area contributed by atoms with Crippen molar-refractivity contribution in [2.45, 2.75) is 48.2 Å². The molecule has 0 heterocycles. The fraction of sp³-hybridized carbons (Fsp3) is 0.571. The number of alkyl halides is 2. The van der Waals surface area contributed by atoms with E-state index in [-0.39, 0.29) is 5.41 Å². The maximum atomic E-state index is 12.6. The van der Waals surface area contributed by atoms with Gasteiger partial charge in [-0.15, -0.1) is 0 Å². The first-order valence-corrected chi connectivity index (χ1v) is 7.30. The molecule has 0 aromatic heterocycles. The van der Waals surface area contributed by atoms with E-state index in [0.717, 1.165) is 31.2 Å². The summed E-state index contributed by atoms with van der Waals surface area (Å²) in [5, 5.41) is 0. The lowest BCUT2D eigenvalue weighted by Crippen LogP contribution is -2.37. The Balaban J connectivity index is 2.35. The number of thioether (sulfide) groups is 1. The summed E-state index contributed by atoms with van der Waals surface area (Å²) in [5.74, 6) is -2.37. The molecule has 0 spiro atoms. The largest absolute Gasteiger partial charge is 0.330 e. The van der Waals surface area contributed by atoms with Gasteiger partial charge < -0.3 is 5.73 Å². The van der Waals surface area contributed by atoms with E-state index < -0.39 is 5.76 Å². The molecule has 1 aliphatic carbocycles. The molecule has 2 N–H and O–H groups in total. The molecular formula is C14H19F2NS. The molecule has 1 fully saturated rings. The molecule has 2 rings (SSSR count). The number of halogens is 2. The van der Waals surface area contributed by atoms with Gasteiger partial charge >= 0.3 is 0 Å². The molecule has 0 atom stereocenters. The first-order chi connectivity index (χ1) is 8.68. The maximum absolute atomic E-state index is 12.6. The molecule has 0 bridgehead atoms. The predicted molar refractivity (Wildman–Crippen MR) is 72.1 cm³/mol. The molecule has 1 aromatic carbocycles. The Kier molecular flexibility index (Phi) is 4.62. The minimum Gasteiger partial charge on any atom is -0.330 e. The van der Waals surface area contributed by atoms with Gasteiger partial charge in [-0.3, -0.25) is 0 Å². The van der Waals surface area contributed by atoms with Crippen molar-refractivity contribution >= 4 is 11.8 Å². The van der Waals surface area contributed by atoms with Crippen LogP contribution in [0.5, 0.6) is 0 Å². The van der Waals surface area contributed by atoms with Crippen molar-refractivity contribution in [2.75, 3.05) is 6.54 Å². The third-order valence-electron chi connectivity index (χ3n) is 3.88. The second-order valence-corrected chi connectivity index (χ2v) is 5.95. The lowest BCUT2D eigenvalue weighted by Gasteiger charge is -2.38. The fourth-order valence-corrected chi connectivity index (χ4v) is 3.68. The summed E-state index contributed by atoms with van der Waals surface area (Å²) >= 11 is 0.644. The zero-order valence-electron chi connectivity index (χ0n) is 10.4. The minimum absolute atomic E-state index is 0.0866. The van der Waals surface area contributed by atoms with Crippen LogP contribution in [0.15, 0.2) is 29.2 Å². The zero-order valence-corrected chi connectivity index (χ0v) is 11.2. The highest BCUT2D eigenvalue weighted by Crippen LogP contribution is 2.43. The lowest BCUT2D eigenvalue weighted by atomic mass is 9.69. The number of hydrogen-bond donors (Lipinski definition) is 1. The van der Waals surface area contributed by atoms with Gasteiger partial charge in [0.1, 0.15) is 0 Å². The van der Waals surface area contributed by atoms with E-state index in [1.54, 1.807) is 6.07 Å². The van der Waals surface area contributed by atoms with E-state index in [1.807, 2.05) is 18.2 Å². The molecule has 18 heavy (non-hydrogen) atoms. The van der Waals surface area contributed by atoms with Crippen LogP contribution in [-0.4, -0.2) is 12.3 Å². The number of rotatable bonds is 4. The van der Waals surface area contributed by atoms with Gasteiger partial charge in [-0.05, 0) is 24.5 Å². The number of nitrogens with two attached hydrogens (primary N) is 1. The Hall–Kier alpha value is -0.610. The third kappa shape index (κ3) is 2.86. The van der Waals surface area contributed by atoms with Crippen LogP contribution in [0, 0.1) is 0 Å². The van der Waals surface area contributed by atoms with Gasteiger partial charge in [0.15, 0.2) is 0 Å². The Morgan fingerprint density at radius 2 is 1.83 bits per heavy atom. The van der Waals surface area contributed by atoms with Gasteiger partial charge in [0.05, 0.1) is 0 Å². The molecule has 1 aliphatic rings. The van der Waals surface area contributed by atoms with E-state index in [0.29, 0.717) is 23.2 Å². The van der Waals surface area contributed by atoms with Crippen LogP contribution in [0.2, 0.25) is 0 Å². The summed E-state index contributed by atoms with van der Waals surface area (Å²) in [7, 11) is 0. The molecular weight excluding hydrogens is 252 g/mol. The van der Waals surface area contributed by atoms with Crippen molar-refractivity contribution in [3.63, 3.8) is 0 Å². The SMILES string of the molecule is NCC1(c2ccccc2SC(F)F)CCCCC1. The second-order valence-electron chi connectivity index (χ2n) is 4.92.